The number of nitrogens with one attached hydrogen (secondary N) is 2. The summed E-state index contributed by atoms with van der Waals surface area (Å²) in [5.41, 5.74) is 0.383. The highest BCUT2D eigenvalue weighted by Gasteiger charge is 2.27. The van der Waals surface area contributed by atoms with E-state index in [2.05, 4.69) is 10.3 Å². The van der Waals surface area contributed by atoms with Crippen molar-refractivity contribution in [2.45, 2.75) is 16.3 Å². The Hall–Kier alpha value is -3.91. The van der Waals surface area contributed by atoms with E-state index in [9.17, 15) is 23.1 Å². The number of fused-ring (bicyclic) bond motifs is 1. The average Bonchev–Trinajstić information content (AvgIpc) is 2.78. The van der Waals surface area contributed by atoms with E-state index in [1.54, 1.807) is 6.07 Å². The fraction of sp³-hybridized carbons (Fsp3) is 0.0435. The van der Waals surface area contributed by atoms with Gasteiger partial charge in [-0.25, -0.2) is 8.42 Å². The number of pyridine rings is 1. The maximum absolute atomic E-state index is 12.9. The minimum absolute atomic E-state index is 0.105. The van der Waals surface area contributed by atoms with Crippen LogP contribution in [-0.4, -0.2) is 24.4 Å². The lowest BCUT2D eigenvalue weighted by Crippen LogP contribution is -2.23. The summed E-state index contributed by atoms with van der Waals surface area (Å²) in [5, 5.41) is 13.5. The molecule has 1 heterocycles. The van der Waals surface area contributed by atoms with Crippen LogP contribution in [0.5, 0.6) is 5.75 Å². The smallest absolute Gasteiger partial charge is 0.271 e. The van der Waals surface area contributed by atoms with Gasteiger partial charge in [0.2, 0.25) is 9.84 Å². The van der Waals surface area contributed by atoms with E-state index in [1.807, 2.05) is 30.3 Å². The lowest BCUT2D eigenvalue weighted by atomic mass is 10.1. The van der Waals surface area contributed by atoms with Crippen molar-refractivity contribution >= 4 is 26.6 Å². The third-order valence-electron chi connectivity index (χ3n) is 4.82. The van der Waals surface area contributed by atoms with Crippen LogP contribution in [0, 0.1) is 0 Å². The summed E-state index contributed by atoms with van der Waals surface area (Å²) in [6.07, 6.45) is 0. The molecule has 0 unspecified atom stereocenters. The number of carbonyl (C=O) groups excluding carboxylic acids is 1. The minimum atomic E-state index is -4.23. The number of hydrogen-bond acceptors (Lipinski definition) is 5. The summed E-state index contributed by atoms with van der Waals surface area (Å²) in [5.74, 6) is -1.02. The Morgan fingerprint density at radius 2 is 1.58 bits per heavy atom. The Balaban J connectivity index is 1.70. The van der Waals surface area contributed by atoms with Crippen LogP contribution in [0.3, 0.4) is 0 Å². The number of aromatic hydroxyl groups is 1. The van der Waals surface area contributed by atoms with Crippen LogP contribution in [0.1, 0.15) is 15.9 Å². The van der Waals surface area contributed by atoms with Crippen LogP contribution < -0.4 is 10.9 Å². The van der Waals surface area contributed by atoms with Crippen LogP contribution in [0.25, 0.3) is 10.9 Å². The number of aromatic nitrogens is 1. The summed E-state index contributed by atoms with van der Waals surface area (Å²) in [6, 6.07) is 21.0. The summed E-state index contributed by atoms with van der Waals surface area (Å²) in [6.45, 7) is 0.327. The molecular weight excluding hydrogens is 416 g/mol. The predicted octanol–water partition coefficient (Wildman–Crippen LogP) is 3.00. The molecule has 0 atom stereocenters. The second-order valence-corrected chi connectivity index (χ2v) is 8.76. The topological polar surface area (TPSA) is 116 Å². The Morgan fingerprint density at radius 1 is 0.935 bits per heavy atom. The molecule has 1 amide bonds. The van der Waals surface area contributed by atoms with Gasteiger partial charge in [-0.05, 0) is 35.9 Å². The normalized spacial score (nSPS) is 11.4. The van der Waals surface area contributed by atoms with Crippen LogP contribution in [-0.2, 0) is 16.4 Å². The summed E-state index contributed by atoms with van der Waals surface area (Å²) >= 11 is 0. The largest absolute Gasteiger partial charge is 0.506 e. The highest BCUT2D eigenvalue weighted by Crippen LogP contribution is 2.31. The molecule has 4 rings (SSSR count). The van der Waals surface area contributed by atoms with Crippen molar-refractivity contribution in [3.8, 4) is 5.75 Å². The van der Waals surface area contributed by atoms with Crippen molar-refractivity contribution < 1.29 is 18.3 Å². The summed E-state index contributed by atoms with van der Waals surface area (Å²) in [7, 11) is -4.23. The van der Waals surface area contributed by atoms with Crippen molar-refractivity contribution in [1.82, 2.24) is 10.3 Å². The van der Waals surface area contributed by atoms with Crippen LogP contribution in [0.2, 0.25) is 0 Å². The number of H-pyrrole nitrogens is 1. The molecule has 156 valence electrons. The van der Waals surface area contributed by atoms with Gasteiger partial charge in [-0.15, -0.1) is 0 Å². The fourth-order valence-corrected chi connectivity index (χ4v) is 4.66. The zero-order valence-electron chi connectivity index (χ0n) is 16.2. The maximum atomic E-state index is 12.9. The molecule has 1 aromatic heterocycles. The molecule has 0 saturated carbocycles. The number of rotatable bonds is 5. The van der Waals surface area contributed by atoms with Crippen molar-refractivity contribution in [3.63, 3.8) is 0 Å². The van der Waals surface area contributed by atoms with Gasteiger partial charge in [-0.2, -0.15) is 0 Å². The van der Waals surface area contributed by atoms with Crippen molar-refractivity contribution in [1.29, 1.82) is 0 Å². The van der Waals surface area contributed by atoms with Crippen molar-refractivity contribution in [2.75, 3.05) is 0 Å². The monoisotopic (exact) mass is 434 g/mol. The molecule has 3 aromatic carbocycles. The number of hydrogen-bond donors (Lipinski definition) is 3. The zero-order chi connectivity index (χ0) is 22.0. The lowest BCUT2D eigenvalue weighted by Gasteiger charge is -2.10. The zero-order valence-corrected chi connectivity index (χ0v) is 17.0. The van der Waals surface area contributed by atoms with Gasteiger partial charge >= 0.3 is 0 Å². The first kappa shape index (κ1) is 20.4. The Morgan fingerprint density at radius 3 is 2.26 bits per heavy atom. The molecule has 0 radical (unpaired) electrons. The van der Waals surface area contributed by atoms with E-state index in [1.165, 1.54) is 42.5 Å². The lowest BCUT2D eigenvalue weighted by molar-refractivity contribution is 0.0951. The standard InChI is InChI=1S/C23H18N2O5S/c26-20-18-12-11-16(22(27)24-14-15-7-3-1-4-8-15)13-19(18)25-23(28)21(20)31(29,30)17-9-5-2-6-10-17/h1-13H,14H2,(H,24,27)(H2,25,26,28). The first-order valence-electron chi connectivity index (χ1n) is 9.39. The highest BCUT2D eigenvalue weighted by atomic mass is 32.2. The van der Waals surface area contributed by atoms with Crippen molar-refractivity contribution in [3.05, 3.63) is 100 Å². The highest BCUT2D eigenvalue weighted by molar-refractivity contribution is 7.91. The fourth-order valence-electron chi connectivity index (χ4n) is 3.25. The van der Waals surface area contributed by atoms with Gasteiger partial charge in [0, 0.05) is 17.5 Å². The minimum Gasteiger partial charge on any atom is -0.506 e. The molecule has 0 aliphatic rings. The van der Waals surface area contributed by atoms with E-state index in [0.717, 1.165) is 5.56 Å². The van der Waals surface area contributed by atoms with Gasteiger partial charge in [0.1, 0.15) is 5.75 Å². The molecule has 0 aliphatic heterocycles. The number of sulfone groups is 1. The Labute approximate surface area is 177 Å². The number of amides is 1. The van der Waals surface area contributed by atoms with E-state index >= 15 is 0 Å². The molecule has 0 bridgehead atoms. The van der Waals surface area contributed by atoms with Crippen LogP contribution in [0.4, 0.5) is 0 Å². The van der Waals surface area contributed by atoms with Gasteiger partial charge in [0.15, 0.2) is 4.90 Å². The molecule has 7 nitrogen and oxygen atoms in total. The van der Waals surface area contributed by atoms with E-state index in [0.29, 0.717) is 6.54 Å². The SMILES string of the molecule is O=C(NCc1ccccc1)c1ccc2c(O)c(S(=O)(=O)c3ccccc3)c(=O)[nH]c2c1. The van der Waals surface area contributed by atoms with E-state index < -0.39 is 26.0 Å². The molecular formula is C23H18N2O5S. The molecule has 8 heteroatoms. The molecule has 3 N–H and O–H groups in total. The number of benzene rings is 3. The Kier molecular flexibility index (Phi) is 5.31. The first-order chi connectivity index (χ1) is 14.9. The molecule has 4 aromatic rings. The van der Waals surface area contributed by atoms with Gasteiger partial charge in [0.25, 0.3) is 11.5 Å². The molecule has 31 heavy (non-hydrogen) atoms. The second kappa shape index (κ2) is 8.08. The quantitative estimate of drug-likeness (QED) is 0.447. The van der Waals surface area contributed by atoms with Crippen molar-refractivity contribution in [2.24, 2.45) is 0 Å². The maximum Gasteiger partial charge on any atom is 0.271 e. The van der Waals surface area contributed by atoms with E-state index in [4.69, 9.17) is 0 Å². The van der Waals surface area contributed by atoms with E-state index in [-0.39, 0.29) is 27.3 Å². The molecule has 0 fully saturated rings. The van der Waals surface area contributed by atoms with Gasteiger partial charge in [-0.3, -0.25) is 9.59 Å². The first-order valence-corrected chi connectivity index (χ1v) is 10.9. The summed E-state index contributed by atoms with van der Waals surface area (Å²) < 4.78 is 25.7. The Bertz CT molecular complexity index is 1430. The van der Waals surface area contributed by atoms with Gasteiger partial charge < -0.3 is 15.4 Å². The number of aromatic amines is 1. The predicted molar refractivity (Wildman–Crippen MR) is 116 cm³/mol. The van der Waals surface area contributed by atoms with Crippen LogP contribution >= 0.6 is 0 Å². The third-order valence-corrected chi connectivity index (χ3v) is 6.63. The van der Waals surface area contributed by atoms with Gasteiger partial charge in [0.05, 0.1) is 10.4 Å². The van der Waals surface area contributed by atoms with Crippen LogP contribution in [0.15, 0.2) is 93.4 Å². The average molecular weight is 434 g/mol. The molecule has 0 saturated heterocycles. The van der Waals surface area contributed by atoms with Gasteiger partial charge in [-0.1, -0.05) is 48.5 Å². The molecule has 0 aliphatic carbocycles. The second-order valence-electron chi connectivity index (χ2n) is 6.88. The molecule has 0 spiro atoms. The number of carbonyl (C=O) groups is 1. The third kappa shape index (κ3) is 3.93. The summed E-state index contributed by atoms with van der Waals surface area (Å²) in [4.78, 5) is 26.7.